The SMILES string of the molecule is CC(C)C(CCO)NC(=O)c1csc(-c2cccc([N+](=O)[O-])c2)n1. The van der Waals surface area contributed by atoms with Crippen LogP contribution in [0.15, 0.2) is 29.6 Å². The number of hydrogen-bond donors (Lipinski definition) is 2. The van der Waals surface area contributed by atoms with Gasteiger partial charge in [0.15, 0.2) is 0 Å². The first-order valence-electron chi connectivity index (χ1n) is 7.54. The molecule has 1 amide bonds. The van der Waals surface area contributed by atoms with Gasteiger partial charge in [-0.05, 0) is 12.3 Å². The topological polar surface area (TPSA) is 105 Å². The van der Waals surface area contributed by atoms with E-state index in [2.05, 4.69) is 10.3 Å². The number of hydrogen-bond acceptors (Lipinski definition) is 6. The number of aliphatic hydroxyl groups is 1. The van der Waals surface area contributed by atoms with Gasteiger partial charge in [-0.1, -0.05) is 26.0 Å². The molecule has 2 N–H and O–H groups in total. The zero-order valence-corrected chi connectivity index (χ0v) is 14.2. The summed E-state index contributed by atoms with van der Waals surface area (Å²) in [7, 11) is 0. The highest BCUT2D eigenvalue weighted by atomic mass is 32.1. The molecule has 2 rings (SSSR count). The number of nitrogens with zero attached hydrogens (tertiary/aromatic N) is 2. The van der Waals surface area contributed by atoms with Crippen molar-refractivity contribution in [1.29, 1.82) is 0 Å². The van der Waals surface area contributed by atoms with Crippen molar-refractivity contribution in [2.45, 2.75) is 26.3 Å². The van der Waals surface area contributed by atoms with Crippen LogP contribution in [0.1, 0.15) is 30.8 Å². The van der Waals surface area contributed by atoms with E-state index in [0.717, 1.165) is 0 Å². The Morgan fingerprint density at radius 3 is 2.83 bits per heavy atom. The second kappa shape index (κ2) is 7.98. The van der Waals surface area contributed by atoms with E-state index in [9.17, 15) is 14.9 Å². The first-order valence-corrected chi connectivity index (χ1v) is 8.42. The Labute approximate surface area is 143 Å². The lowest BCUT2D eigenvalue weighted by molar-refractivity contribution is -0.384. The zero-order chi connectivity index (χ0) is 17.7. The van der Waals surface area contributed by atoms with Crippen molar-refractivity contribution >= 4 is 22.9 Å². The van der Waals surface area contributed by atoms with Gasteiger partial charge in [0.2, 0.25) is 0 Å². The summed E-state index contributed by atoms with van der Waals surface area (Å²) in [5, 5.41) is 25.0. The molecule has 0 aliphatic rings. The molecule has 0 radical (unpaired) electrons. The summed E-state index contributed by atoms with van der Waals surface area (Å²) in [5.41, 5.74) is 0.852. The van der Waals surface area contributed by atoms with Crippen LogP contribution in [0.25, 0.3) is 10.6 Å². The summed E-state index contributed by atoms with van der Waals surface area (Å²) in [6, 6.07) is 6.02. The van der Waals surface area contributed by atoms with E-state index in [1.165, 1.54) is 23.5 Å². The van der Waals surface area contributed by atoms with Gasteiger partial charge in [0, 0.05) is 35.7 Å². The van der Waals surface area contributed by atoms with Gasteiger partial charge >= 0.3 is 0 Å². The molecule has 0 saturated heterocycles. The van der Waals surface area contributed by atoms with Crippen LogP contribution in [0.2, 0.25) is 0 Å². The number of amides is 1. The molecule has 0 spiro atoms. The summed E-state index contributed by atoms with van der Waals surface area (Å²) in [6.07, 6.45) is 0.477. The smallest absolute Gasteiger partial charge is 0.271 e. The van der Waals surface area contributed by atoms with Crippen LogP contribution < -0.4 is 5.32 Å². The number of aromatic nitrogens is 1. The molecule has 8 heteroatoms. The van der Waals surface area contributed by atoms with Crippen LogP contribution in [-0.2, 0) is 0 Å². The first-order chi connectivity index (χ1) is 11.4. The maximum Gasteiger partial charge on any atom is 0.271 e. The van der Waals surface area contributed by atoms with Crippen molar-refractivity contribution in [3.8, 4) is 10.6 Å². The Hall–Kier alpha value is -2.32. The van der Waals surface area contributed by atoms with Crippen LogP contribution in [0.4, 0.5) is 5.69 Å². The molecule has 0 aliphatic heterocycles. The van der Waals surface area contributed by atoms with Crippen LogP contribution in [-0.4, -0.2) is 33.6 Å². The molecule has 7 nitrogen and oxygen atoms in total. The van der Waals surface area contributed by atoms with Crippen LogP contribution in [0, 0.1) is 16.0 Å². The Balaban J connectivity index is 2.16. The van der Waals surface area contributed by atoms with Gasteiger partial charge in [-0.2, -0.15) is 0 Å². The predicted octanol–water partition coefficient (Wildman–Crippen LogP) is 2.86. The molecule has 2 aromatic rings. The number of aliphatic hydroxyl groups excluding tert-OH is 1. The van der Waals surface area contributed by atoms with Gasteiger partial charge in [-0.15, -0.1) is 11.3 Å². The maximum atomic E-state index is 12.3. The fourth-order valence-corrected chi connectivity index (χ4v) is 3.01. The van der Waals surface area contributed by atoms with Gasteiger partial charge in [0.25, 0.3) is 11.6 Å². The second-order valence-corrected chi connectivity index (χ2v) is 6.54. The molecule has 1 aromatic heterocycles. The lowest BCUT2D eigenvalue weighted by Crippen LogP contribution is -2.39. The number of thiazole rings is 1. The van der Waals surface area contributed by atoms with Crippen molar-refractivity contribution in [2.75, 3.05) is 6.61 Å². The van der Waals surface area contributed by atoms with Gasteiger partial charge in [-0.25, -0.2) is 4.98 Å². The minimum absolute atomic E-state index is 0.000868. The molecule has 1 unspecified atom stereocenters. The number of carbonyl (C=O) groups excluding carboxylic acids is 1. The number of nitrogens with one attached hydrogen (secondary N) is 1. The Kier molecular flexibility index (Phi) is 5.99. The minimum Gasteiger partial charge on any atom is -0.396 e. The largest absolute Gasteiger partial charge is 0.396 e. The van der Waals surface area contributed by atoms with E-state index >= 15 is 0 Å². The van der Waals surface area contributed by atoms with E-state index in [1.54, 1.807) is 17.5 Å². The number of benzene rings is 1. The van der Waals surface area contributed by atoms with Gasteiger partial charge in [-0.3, -0.25) is 14.9 Å². The van der Waals surface area contributed by atoms with E-state index in [0.29, 0.717) is 17.0 Å². The van der Waals surface area contributed by atoms with Crippen molar-refractivity contribution in [3.63, 3.8) is 0 Å². The van der Waals surface area contributed by atoms with Crippen molar-refractivity contribution in [2.24, 2.45) is 5.92 Å². The molecule has 0 fully saturated rings. The zero-order valence-electron chi connectivity index (χ0n) is 13.4. The molecule has 0 bridgehead atoms. The molecule has 1 aromatic carbocycles. The van der Waals surface area contributed by atoms with Crippen LogP contribution >= 0.6 is 11.3 Å². The second-order valence-electron chi connectivity index (χ2n) is 5.68. The summed E-state index contributed by atoms with van der Waals surface area (Å²) >= 11 is 1.26. The average Bonchev–Trinajstić information content (AvgIpc) is 3.04. The molecule has 24 heavy (non-hydrogen) atoms. The summed E-state index contributed by atoms with van der Waals surface area (Å²) in [5.74, 6) is -0.119. The summed E-state index contributed by atoms with van der Waals surface area (Å²) in [6.45, 7) is 3.94. The Morgan fingerprint density at radius 1 is 1.46 bits per heavy atom. The summed E-state index contributed by atoms with van der Waals surface area (Å²) in [4.78, 5) is 27.0. The van der Waals surface area contributed by atoms with E-state index < -0.39 is 4.92 Å². The number of rotatable bonds is 7. The third-order valence-corrected chi connectivity index (χ3v) is 4.49. The Bertz CT molecular complexity index is 730. The van der Waals surface area contributed by atoms with Crippen molar-refractivity contribution in [3.05, 3.63) is 45.5 Å². The fourth-order valence-electron chi connectivity index (χ4n) is 2.22. The van der Waals surface area contributed by atoms with E-state index in [4.69, 9.17) is 5.11 Å². The predicted molar refractivity (Wildman–Crippen MR) is 92.0 cm³/mol. The number of non-ortho nitro benzene ring substituents is 1. The molecular formula is C16H19N3O4S. The maximum absolute atomic E-state index is 12.3. The van der Waals surface area contributed by atoms with Gasteiger partial charge < -0.3 is 10.4 Å². The molecular weight excluding hydrogens is 330 g/mol. The minimum atomic E-state index is -0.465. The number of carbonyl (C=O) groups is 1. The third-order valence-electron chi connectivity index (χ3n) is 3.60. The summed E-state index contributed by atoms with van der Waals surface area (Å²) < 4.78 is 0. The molecule has 0 aliphatic carbocycles. The number of nitro groups is 1. The lowest BCUT2D eigenvalue weighted by Gasteiger charge is -2.20. The van der Waals surface area contributed by atoms with E-state index in [1.807, 2.05) is 13.8 Å². The van der Waals surface area contributed by atoms with Gasteiger partial charge in [0.1, 0.15) is 10.7 Å². The number of nitro benzene ring substituents is 1. The normalized spacial score (nSPS) is 12.2. The molecule has 1 heterocycles. The molecule has 0 saturated carbocycles. The highest BCUT2D eigenvalue weighted by molar-refractivity contribution is 7.13. The highest BCUT2D eigenvalue weighted by Crippen LogP contribution is 2.27. The van der Waals surface area contributed by atoms with Crippen LogP contribution in [0.5, 0.6) is 0 Å². The van der Waals surface area contributed by atoms with Crippen molar-refractivity contribution in [1.82, 2.24) is 10.3 Å². The fraction of sp³-hybridized carbons (Fsp3) is 0.375. The quantitative estimate of drug-likeness (QED) is 0.590. The van der Waals surface area contributed by atoms with Crippen molar-refractivity contribution < 1.29 is 14.8 Å². The molecule has 1 atom stereocenters. The van der Waals surface area contributed by atoms with E-state index in [-0.39, 0.29) is 35.9 Å². The highest BCUT2D eigenvalue weighted by Gasteiger charge is 2.19. The lowest BCUT2D eigenvalue weighted by atomic mass is 10.0. The average molecular weight is 349 g/mol. The van der Waals surface area contributed by atoms with Gasteiger partial charge in [0.05, 0.1) is 4.92 Å². The standard InChI is InChI=1S/C16H19N3O4S/c1-10(2)13(6-7-20)17-15(21)14-9-24-16(18-14)11-4-3-5-12(8-11)19(22)23/h3-5,8-10,13,20H,6-7H2,1-2H3,(H,17,21). The molecule has 128 valence electrons. The monoisotopic (exact) mass is 349 g/mol. The third kappa shape index (κ3) is 4.36. The van der Waals surface area contributed by atoms with Crippen LogP contribution in [0.3, 0.4) is 0 Å². The first kappa shape index (κ1) is 18.0. The Morgan fingerprint density at radius 2 is 2.21 bits per heavy atom.